The second kappa shape index (κ2) is 11.7. The van der Waals surface area contributed by atoms with E-state index in [2.05, 4.69) is 109 Å². The summed E-state index contributed by atoms with van der Waals surface area (Å²) >= 11 is -1.69. The van der Waals surface area contributed by atoms with Gasteiger partial charge in [0.15, 0.2) is 0 Å². The minimum Gasteiger partial charge on any atom is -1.00 e. The van der Waals surface area contributed by atoms with Crippen molar-refractivity contribution in [3.05, 3.63) is 124 Å². The molecule has 0 saturated heterocycles. The van der Waals surface area contributed by atoms with Gasteiger partial charge in [-0.3, -0.25) is 0 Å². The fourth-order valence-electron chi connectivity index (χ4n) is 3.27. The number of hydrogen-bond acceptors (Lipinski definition) is 0. The van der Waals surface area contributed by atoms with Crippen LogP contribution in [-0.4, -0.2) is 3.81 Å². The Morgan fingerprint density at radius 3 is 1.64 bits per heavy atom. The van der Waals surface area contributed by atoms with Gasteiger partial charge in [0.2, 0.25) is 0 Å². The van der Waals surface area contributed by atoms with Crippen molar-refractivity contribution in [2.75, 3.05) is 0 Å². The van der Waals surface area contributed by atoms with Gasteiger partial charge >= 0.3 is 163 Å². The molecular weight excluding hydrogens is 438 g/mol. The molecule has 0 aliphatic heterocycles. The predicted molar refractivity (Wildman–Crippen MR) is 112 cm³/mol. The molecule has 3 aromatic carbocycles. The average Bonchev–Trinajstić information content (AvgIpc) is 3.25. The molecule has 0 saturated carbocycles. The van der Waals surface area contributed by atoms with Crippen molar-refractivity contribution in [2.24, 2.45) is 0 Å². The Hall–Kier alpha value is -1.27. The largest absolute Gasteiger partial charge is 1.00 e. The van der Waals surface area contributed by atoms with Crippen molar-refractivity contribution in [1.29, 1.82) is 0 Å². The quantitative estimate of drug-likeness (QED) is 0.362. The van der Waals surface area contributed by atoms with Crippen LogP contribution >= 0.6 is 6.57 Å². The van der Waals surface area contributed by atoms with Crippen molar-refractivity contribution in [3.8, 4) is 0 Å². The van der Waals surface area contributed by atoms with Crippen LogP contribution in [-0.2, 0) is 16.9 Å². The zero-order chi connectivity index (χ0) is 17.6. The van der Waals surface area contributed by atoms with Crippen molar-refractivity contribution in [1.82, 2.24) is 0 Å². The maximum Gasteiger partial charge on any atom is -1.00 e. The van der Waals surface area contributed by atoms with E-state index in [0.717, 1.165) is 13.0 Å². The van der Waals surface area contributed by atoms with Gasteiger partial charge in [0.1, 0.15) is 0 Å². The maximum absolute atomic E-state index is 2.39. The summed E-state index contributed by atoms with van der Waals surface area (Å²) in [6, 6.07) is 33.1. The van der Waals surface area contributed by atoms with E-state index in [4.69, 9.17) is 0 Å². The maximum atomic E-state index is 2.39. The molecule has 0 bridgehead atoms. The molecule has 0 N–H and O–H groups in total. The van der Waals surface area contributed by atoms with E-state index in [1.807, 2.05) is 0 Å². The summed E-state index contributed by atoms with van der Waals surface area (Å²) in [6.07, 6.45) is 8.06. The smallest absolute Gasteiger partial charge is 1.00 e. The summed E-state index contributed by atoms with van der Waals surface area (Å²) < 4.78 is 3.28. The van der Waals surface area contributed by atoms with Gasteiger partial charge in [-0.1, -0.05) is 0 Å². The summed E-state index contributed by atoms with van der Waals surface area (Å²) in [7, 11) is 0. The third kappa shape index (κ3) is 5.63. The van der Waals surface area contributed by atoms with E-state index in [9.17, 15) is 0 Å². The molecule has 1 atom stereocenters. The molecule has 0 heterocycles. The topological polar surface area (TPSA) is 0 Å². The molecular formula is C24H21Cl2PTi. The van der Waals surface area contributed by atoms with E-state index in [-0.39, 0.29) is 24.8 Å². The fraction of sp³-hybridized carbons (Fsp3) is 0.0417. The molecule has 1 aliphatic rings. The van der Waals surface area contributed by atoms with Crippen molar-refractivity contribution in [3.63, 3.8) is 0 Å². The van der Waals surface area contributed by atoms with Gasteiger partial charge in [0, 0.05) is 0 Å². The first-order valence-electron chi connectivity index (χ1n) is 8.95. The molecule has 3 aromatic rings. The van der Waals surface area contributed by atoms with Crippen molar-refractivity contribution in [2.45, 2.75) is 6.42 Å². The molecule has 0 spiro atoms. The van der Waals surface area contributed by atoms with E-state index >= 15 is 0 Å². The zero-order valence-electron chi connectivity index (χ0n) is 15.4. The van der Waals surface area contributed by atoms with Crippen LogP contribution in [0.15, 0.2) is 113 Å². The molecule has 0 radical (unpaired) electrons. The van der Waals surface area contributed by atoms with Crippen LogP contribution in [0.25, 0.3) is 0 Å². The summed E-state index contributed by atoms with van der Waals surface area (Å²) in [5.74, 6) is 0. The van der Waals surface area contributed by atoms with E-state index in [0.29, 0.717) is 0 Å². The molecule has 140 valence electrons. The van der Waals surface area contributed by atoms with Crippen molar-refractivity contribution >= 4 is 15.7 Å². The Bertz CT molecular complexity index is 924. The van der Waals surface area contributed by atoms with E-state index < -0.39 is 16.9 Å². The molecule has 4 heteroatoms. The molecule has 1 aliphatic carbocycles. The predicted octanol–water partition coefficient (Wildman–Crippen LogP) is -0.356. The van der Waals surface area contributed by atoms with E-state index in [1.54, 1.807) is 7.69 Å². The van der Waals surface area contributed by atoms with Crippen LogP contribution in [0.2, 0.25) is 0 Å². The Kier molecular flexibility index (Phi) is 9.59. The number of halogens is 2. The normalized spacial score (nSPS) is 11.9. The van der Waals surface area contributed by atoms with Gasteiger partial charge in [-0.2, -0.15) is 0 Å². The van der Waals surface area contributed by atoms with Gasteiger partial charge in [-0.25, -0.2) is 0 Å². The first-order valence-corrected chi connectivity index (χ1v) is 13.9. The summed E-state index contributed by atoms with van der Waals surface area (Å²) in [5.41, 5.74) is 2.79. The number of allylic oxidation sites excluding steroid dienone is 4. The van der Waals surface area contributed by atoms with Crippen LogP contribution in [0.4, 0.5) is 0 Å². The molecule has 0 amide bonds. The van der Waals surface area contributed by atoms with Crippen LogP contribution in [0, 0.1) is 0 Å². The van der Waals surface area contributed by atoms with Crippen LogP contribution in [0.3, 0.4) is 0 Å². The second-order valence-corrected chi connectivity index (χ2v) is 13.3. The van der Waals surface area contributed by atoms with Gasteiger partial charge in [-0.05, 0) is 0 Å². The molecule has 28 heavy (non-hydrogen) atoms. The second-order valence-electron chi connectivity index (χ2n) is 6.30. The number of benzene rings is 3. The summed E-state index contributed by atoms with van der Waals surface area (Å²) in [4.78, 5) is 0. The molecule has 0 nitrogen and oxygen atoms in total. The third-order valence-electron chi connectivity index (χ3n) is 4.51. The Morgan fingerprint density at radius 1 is 0.679 bits per heavy atom. The van der Waals surface area contributed by atoms with Crippen molar-refractivity contribution < 1.29 is 41.7 Å². The fourth-order valence-corrected chi connectivity index (χ4v) is 12.5. The van der Waals surface area contributed by atoms with Gasteiger partial charge < -0.3 is 24.8 Å². The third-order valence-corrected chi connectivity index (χ3v) is 13.5. The minimum absolute atomic E-state index is 0. The minimum atomic E-state index is -1.69. The van der Waals surface area contributed by atoms with Gasteiger partial charge in [-0.15, -0.1) is 0 Å². The monoisotopic (exact) mass is 458 g/mol. The molecule has 4 rings (SSSR count). The van der Waals surface area contributed by atoms with Crippen LogP contribution in [0.5, 0.6) is 0 Å². The van der Waals surface area contributed by atoms with E-state index in [1.165, 1.54) is 16.4 Å². The first kappa shape index (κ1) is 23.0. The zero-order valence-corrected chi connectivity index (χ0v) is 19.4. The molecule has 0 aromatic heterocycles. The Balaban J connectivity index is 0.00000140. The number of hydrogen-bond donors (Lipinski definition) is 0. The van der Waals surface area contributed by atoms with Crippen LogP contribution in [0.1, 0.15) is 17.5 Å². The van der Waals surface area contributed by atoms with Gasteiger partial charge in [0.25, 0.3) is 0 Å². The standard InChI is InChI=1S/C13H10.C6H6P.C5H5.2ClH.Ti/c1-3-7-12(8-4-1)11-13-9-5-2-6-10-13;7-6-4-2-1-3-5-6;1-2-4-5-3-1;;;/h1-10H;1-5,7H;1-3H,4H2;2*1H;/q;-1;;;;+3/p-2. The average molecular weight is 459 g/mol. The summed E-state index contributed by atoms with van der Waals surface area (Å²) in [6.45, 7) is 0.882. The number of rotatable bonds is 5. The molecule has 1 unspecified atom stereocenters. The van der Waals surface area contributed by atoms with Gasteiger partial charge in [0.05, 0.1) is 0 Å². The summed E-state index contributed by atoms with van der Waals surface area (Å²) in [5, 5.41) is 1.49. The van der Waals surface area contributed by atoms with Crippen LogP contribution < -0.4 is 30.1 Å². The SMILES string of the molecule is C1=CC[C]([Ti+2]([PH]c2ccccc2)=[C](c2ccccc2)c2ccccc2)=C1.[Cl-].[Cl-]. The Morgan fingerprint density at radius 2 is 1.18 bits per heavy atom. The first-order chi connectivity index (χ1) is 12.9. The Labute approximate surface area is 187 Å². The molecule has 0 fully saturated rings.